The Morgan fingerprint density at radius 3 is 2.86 bits per heavy atom. The van der Waals surface area contributed by atoms with Crippen LogP contribution in [0.2, 0.25) is 10.0 Å². The number of halogens is 2. The molecule has 0 amide bonds. The number of fused-ring (bicyclic) bond motifs is 1. The Hall–Kier alpha value is -1.52. The molecule has 0 aliphatic heterocycles. The second kappa shape index (κ2) is 5.35. The van der Waals surface area contributed by atoms with E-state index in [-0.39, 0.29) is 5.69 Å². The van der Waals surface area contributed by atoms with Crippen LogP contribution >= 0.6 is 23.2 Å². The highest BCUT2D eigenvalue weighted by atomic mass is 35.5. The molecule has 1 atom stereocenters. The van der Waals surface area contributed by atoms with Crippen molar-refractivity contribution in [2.24, 2.45) is 5.92 Å². The number of nitrogens with zero attached hydrogens (tertiary/aromatic N) is 2. The van der Waals surface area contributed by atoms with Crippen LogP contribution in [0.25, 0.3) is 5.69 Å². The molecule has 1 N–H and O–H groups in total. The molecule has 1 aliphatic rings. The number of benzene rings is 1. The van der Waals surface area contributed by atoms with Crippen molar-refractivity contribution in [3.05, 3.63) is 45.2 Å². The molecule has 0 spiro atoms. The molecule has 0 fully saturated rings. The molecule has 1 aromatic carbocycles. The minimum atomic E-state index is -0.996. The van der Waals surface area contributed by atoms with Gasteiger partial charge in [0.15, 0.2) is 5.69 Å². The lowest BCUT2D eigenvalue weighted by molar-refractivity contribution is 0.0688. The smallest absolute Gasteiger partial charge is 0.356 e. The maximum atomic E-state index is 11.4. The van der Waals surface area contributed by atoms with Gasteiger partial charge in [-0.1, -0.05) is 30.1 Å². The fourth-order valence-electron chi connectivity index (χ4n) is 2.81. The van der Waals surface area contributed by atoms with Crippen molar-refractivity contribution < 1.29 is 9.90 Å². The van der Waals surface area contributed by atoms with Crippen LogP contribution in [0.3, 0.4) is 0 Å². The van der Waals surface area contributed by atoms with Gasteiger partial charge in [-0.25, -0.2) is 9.48 Å². The maximum absolute atomic E-state index is 11.4. The van der Waals surface area contributed by atoms with E-state index in [0.29, 0.717) is 21.7 Å². The number of carboxylic acids is 1. The van der Waals surface area contributed by atoms with E-state index in [9.17, 15) is 9.90 Å². The first-order chi connectivity index (χ1) is 9.97. The lowest BCUT2D eigenvalue weighted by Crippen LogP contribution is -2.14. The molecule has 6 heteroatoms. The lowest BCUT2D eigenvalue weighted by atomic mass is 9.87. The van der Waals surface area contributed by atoms with Crippen molar-refractivity contribution in [1.29, 1.82) is 0 Å². The van der Waals surface area contributed by atoms with Gasteiger partial charge in [-0.2, -0.15) is 5.10 Å². The van der Waals surface area contributed by atoms with E-state index in [2.05, 4.69) is 12.0 Å². The average Bonchev–Trinajstić information content (AvgIpc) is 2.77. The molecule has 110 valence electrons. The first kappa shape index (κ1) is 14.4. The van der Waals surface area contributed by atoms with Crippen LogP contribution in [0.4, 0.5) is 0 Å². The number of aromatic carboxylic acids is 1. The number of carbonyl (C=O) groups is 1. The van der Waals surface area contributed by atoms with Crippen molar-refractivity contribution in [2.75, 3.05) is 0 Å². The Morgan fingerprint density at radius 2 is 2.19 bits per heavy atom. The highest BCUT2D eigenvalue weighted by Crippen LogP contribution is 2.32. The van der Waals surface area contributed by atoms with Crippen LogP contribution in [0.5, 0.6) is 0 Å². The van der Waals surface area contributed by atoms with Crippen molar-refractivity contribution in [3.63, 3.8) is 0 Å². The summed E-state index contributed by atoms with van der Waals surface area (Å²) in [6.07, 6.45) is 2.56. The molecule has 3 rings (SSSR count). The quantitative estimate of drug-likeness (QED) is 0.908. The summed E-state index contributed by atoms with van der Waals surface area (Å²) >= 11 is 12.1. The predicted molar refractivity (Wildman–Crippen MR) is 81.7 cm³/mol. The monoisotopic (exact) mass is 324 g/mol. The zero-order valence-electron chi connectivity index (χ0n) is 11.4. The first-order valence-electron chi connectivity index (χ1n) is 6.77. The fourth-order valence-corrected chi connectivity index (χ4v) is 3.30. The Balaban J connectivity index is 2.19. The Morgan fingerprint density at radius 1 is 1.43 bits per heavy atom. The van der Waals surface area contributed by atoms with Gasteiger partial charge in [-0.05, 0) is 43.4 Å². The van der Waals surface area contributed by atoms with E-state index in [1.54, 1.807) is 22.9 Å². The van der Waals surface area contributed by atoms with Gasteiger partial charge in [0, 0.05) is 16.3 Å². The third-order valence-corrected chi connectivity index (χ3v) is 4.39. The molecule has 0 saturated carbocycles. The van der Waals surface area contributed by atoms with Crippen molar-refractivity contribution in [1.82, 2.24) is 9.78 Å². The van der Waals surface area contributed by atoms with Crippen molar-refractivity contribution in [3.8, 4) is 5.69 Å². The van der Waals surface area contributed by atoms with E-state index in [0.717, 1.165) is 30.5 Å². The number of aromatic nitrogens is 2. The van der Waals surface area contributed by atoms with E-state index in [1.165, 1.54) is 0 Å². The first-order valence-corrected chi connectivity index (χ1v) is 7.52. The largest absolute Gasteiger partial charge is 0.476 e. The van der Waals surface area contributed by atoms with Gasteiger partial charge in [0.2, 0.25) is 0 Å². The zero-order chi connectivity index (χ0) is 15.1. The molecular formula is C15H14Cl2N2O2. The van der Waals surface area contributed by atoms with Gasteiger partial charge in [0.25, 0.3) is 0 Å². The number of hydrogen-bond donors (Lipinski definition) is 1. The molecule has 2 aromatic rings. The van der Waals surface area contributed by atoms with Crippen molar-refractivity contribution >= 4 is 29.2 Å². The summed E-state index contributed by atoms with van der Waals surface area (Å²) in [5, 5.41) is 14.6. The summed E-state index contributed by atoms with van der Waals surface area (Å²) < 4.78 is 1.66. The molecular weight excluding hydrogens is 311 g/mol. The summed E-state index contributed by atoms with van der Waals surface area (Å²) in [7, 11) is 0. The second-order valence-corrected chi connectivity index (χ2v) is 6.28. The lowest BCUT2D eigenvalue weighted by Gasteiger charge is -2.20. The molecule has 1 heterocycles. The van der Waals surface area contributed by atoms with Crippen LogP contribution in [-0.2, 0) is 12.8 Å². The minimum absolute atomic E-state index is 0.127. The van der Waals surface area contributed by atoms with Gasteiger partial charge in [-0.15, -0.1) is 0 Å². The van der Waals surface area contributed by atoms with E-state index in [1.807, 2.05) is 0 Å². The van der Waals surface area contributed by atoms with Crippen LogP contribution in [0, 0.1) is 5.92 Å². The van der Waals surface area contributed by atoms with Gasteiger partial charge in [0.1, 0.15) is 0 Å². The predicted octanol–water partition coefficient (Wildman–Crippen LogP) is 4.00. The summed E-state index contributed by atoms with van der Waals surface area (Å²) in [5.74, 6) is -0.530. The summed E-state index contributed by atoms with van der Waals surface area (Å²) in [6.45, 7) is 2.13. The van der Waals surface area contributed by atoms with Gasteiger partial charge >= 0.3 is 5.97 Å². The highest BCUT2D eigenvalue weighted by molar-refractivity contribution is 6.35. The van der Waals surface area contributed by atoms with Gasteiger partial charge in [-0.3, -0.25) is 0 Å². The fraction of sp³-hybridized carbons (Fsp3) is 0.333. The Labute approximate surface area is 132 Å². The zero-order valence-corrected chi connectivity index (χ0v) is 12.9. The van der Waals surface area contributed by atoms with Crippen LogP contribution in [-0.4, -0.2) is 20.9 Å². The molecule has 0 radical (unpaired) electrons. The minimum Gasteiger partial charge on any atom is -0.476 e. The summed E-state index contributed by atoms with van der Waals surface area (Å²) in [4.78, 5) is 11.4. The van der Waals surface area contributed by atoms with Crippen molar-refractivity contribution in [2.45, 2.75) is 26.2 Å². The molecule has 4 nitrogen and oxygen atoms in total. The van der Waals surface area contributed by atoms with Crippen LogP contribution < -0.4 is 0 Å². The highest BCUT2D eigenvalue weighted by Gasteiger charge is 2.28. The summed E-state index contributed by atoms with van der Waals surface area (Å²) in [5.41, 5.74) is 2.56. The third-order valence-electron chi connectivity index (χ3n) is 3.86. The number of hydrogen-bond acceptors (Lipinski definition) is 2. The number of carboxylic acid groups (broad SMARTS) is 1. The molecule has 0 bridgehead atoms. The van der Waals surface area contributed by atoms with E-state index in [4.69, 9.17) is 23.2 Å². The molecule has 0 saturated heterocycles. The standard InChI is InChI=1S/C15H14Cl2N2O2/c1-8-2-4-12-10(6-8)14(15(20)21)18-19(12)13-5-3-9(16)7-11(13)17/h3,5,7-8H,2,4,6H2,1H3,(H,20,21). The molecule has 1 unspecified atom stereocenters. The van der Waals surface area contributed by atoms with Crippen LogP contribution in [0.1, 0.15) is 35.1 Å². The molecule has 1 aliphatic carbocycles. The SMILES string of the molecule is CC1CCc2c(c(C(=O)O)nn2-c2ccc(Cl)cc2Cl)C1. The Bertz CT molecular complexity index is 725. The van der Waals surface area contributed by atoms with E-state index >= 15 is 0 Å². The molecule has 1 aromatic heterocycles. The van der Waals surface area contributed by atoms with Gasteiger partial charge < -0.3 is 5.11 Å². The van der Waals surface area contributed by atoms with Crippen LogP contribution in [0.15, 0.2) is 18.2 Å². The third kappa shape index (κ3) is 2.54. The maximum Gasteiger partial charge on any atom is 0.356 e. The molecule has 21 heavy (non-hydrogen) atoms. The topological polar surface area (TPSA) is 55.1 Å². The second-order valence-electron chi connectivity index (χ2n) is 5.43. The van der Waals surface area contributed by atoms with Gasteiger partial charge in [0.05, 0.1) is 10.7 Å². The number of rotatable bonds is 2. The van der Waals surface area contributed by atoms with E-state index < -0.39 is 5.97 Å². The average molecular weight is 325 g/mol. The Kier molecular flexibility index (Phi) is 3.68. The normalized spacial score (nSPS) is 17.6. The summed E-state index contributed by atoms with van der Waals surface area (Å²) in [6, 6.07) is 5.13.